The van der Waals surface area contributed by atoms with Crippen molar-refractivity contribution < 1.29 is 14.3 Å². The number of aldehydes is 1. The van der Waals surface area contributed by atoms with Crippen molar-refractivity contribution in [3.05, 3.63) is 65.2 Å². The molecule has 1 aliphatic rings. The van der Waals surface area contributed by atoms with Crippen LogP contribution in [0.15, 0.2) is 54.1 Å². The average Bonchev–Trinajstić information content (AvgIpc) is 2.72. The highest BCUT2D eigenvalue weighted by atomic mass is 79.9. The molecule has 1 aliphatic heterocycles. The van der Waals surface area contributed by atoms with Gasteiger partial charge in [0.25, 0.3) is 0 Å². The maximum Gasteiger partial charge on any atom is 0.231 e. The first-order chi connectivity index (χ1) is 11.6. The van der Waals surface area contributed by atoms with Crippen LogP contribution in [-0.4, -0.2) is 19.3 Å². The summed E-state index contributed by atoms with van der Waals surface area (Å²) in [6.07, 6.45) is 0.824. The number of carbonyl (C=O) groups is 2. The number of benzene rings is 2. The highest BCUT2D eigenvalue weighted by Crippen LogP contribution is 2.37. The summed E-state index contributed by atoms with van der Waals surface area (Å²) in [4.78, 5) is 25.8. The number of anilines is 1. The Morgan fingerprint density at radius 1 is 1.17 bits per heavy atom. The Labute approximate surface area is 148 Å². The fourth-order valence-corrected chi connectivity index (χ4v) is 3.29. The molecule has 5 heteroatoms. The van der Waals surface area contributed by atoms with Crippen LogP contribution in [0.3, 0.4) is 0 Å². The Morgan fingerprint density at radius 2 is 1.88 bits per heavy atom. The van der Waals surface area contributed by atoms with Crippen molar-refractivity contribution in [2.45, 2.75) is 13.0 Å². The van der Waals surface area contributed by atoms with E-state index in [1.54, 1.807) is 12.0 Å². The van der Waals surface area contributed by atoms with E-state index >= 15 is 0 Å². The van der Waals surface area contributed by atoms with Gasteiger partial charge in [-0.25, -0.2) is 0 Å². The van der Waals surface area contributed by atoms with Crippen molar-refractivity contribution in [3.63, 3.8) is 0 Å². The monoisotopic (exact) mass is 385 g/mol. The van der Waals surface area contributed by atoms with Crippen LogP contribution < -0.4 is 9.64 Å². The number of carbonyl (C=O) groups excluding carboxylic acids is 2. The van der Waals surface area contributed by atoms with E-state index in [1.807, 2.05) is 48.5 Å². The van der Waals surface area contributed by atoms with E-state index in [9.17, 15) is 9.59 Å². The molecule has 122 valence electrons. The molecule has 0 unspecified atom stereocenters. The number of nitrogens with zero attached hydrogens (tertiary/aromatic N) is 1. The van der Waals surface area contributed by atoms with Crippen LogP contribution in [0.5, 0.6) is 5.75 Å². The minimum Gasteiger partial charge on any atom is -0.497 e. The number of rotatable bonds is 4. The molecule has 0 fully saturated rings. The number of ether oxygens (including phenoxy) is 1. The van der Waals surface area contributed by atoms with Crippen molar-refractivity contribution in [1.82, 2.24) is 0 Å². The van der Waals surface area contributed by atoms with Crippen LogP contribution in [0.25, 0.3) is 4.48 Å². The van der Waals surface area contributed by atoms with Crippen LogP contribution in [0.4, 0.5) is 5.69 Å². The lowest BCUT2D eigenvalue weighted by atomic mass is 10.1. The van der Waals surface area contributed by atoms with Gasteiger partial charge in [-0.3, -0.25) is 9.59 Å². The van der Waals surface area contributed by atoms with E-state index in [0.717, 1.165) is 28.8 Å². The zero-order valence-electron chi connectivity index (χ0n) is 13.2. The average molecular weight is 386 g/mol. The number of amides is 1. The smallest absolute Gasteiger partial charge is 0.231 e. The molecule has 2 aromatic rings. The summed E-state index contributed by atoms with van der Waals surface area (Å²) in [7, 11) is 1.62. The summed E-state index contributed by atoms with van der Waals surface area (Å²) in [5.41, 5.74) is 3.09. The molecule has 1 heterocycles. The zero-order valence-corrected chi connectivity index (χ0v) is 14.7. The SMILES string of the molecule is COc1ccc(CN2C(=O)CC(C=O)=C(Br)c3ccccc32)cc1. The van der Waals surface area contributed by atoms with Gasteiger partial charge in [0, 0.05) is 15.6 Å². The van der Waals surface area contributed by atoms with Gasteiger partial charge in [0.2, 0.25) is 5.91 Å². The van der Waals surface area contributed by atoms with Gasteiger partial charge in [0.05, 0.1) is 25.8 Å². The van der Waals surface area contributed by atoms with Gasteiger partial charge in [-0.15, -0.1) is 0 Å². The fraction of sp³-hybridized carbons (Fsp3) is 0.158. The molecule has 1 amide bonds. The van der Waals surface area contributed by atoms with Gasteiger partial charge >= 0.3 is 0 Å². The molecule has 0 atom stereocenters. The van der Waals surface area contributed by atoms with Crippen LogP contribution in [0.2, 0.25) is 0 Å². The Bertz CT molecular complexity index is 812. The van der Waals surface area contributed by atoms with Crippen LogP contribution in [-0.2, 0) is 16.1 Å². The third-order valence-corrected chi connectivity index (χ3v) is 4.93. The summed E-state index contributed by atoms with van der Waals surface area (Å²) in [5, 5.41) is 0. The maximum absolute atomic E-state index is 12.7. The van der Waals surface area contributed by atoms with E-state index in [-0.39, 0.29) is 12.3 Å². The number of hydrogen-bond donors (Lipinski definition) is 0. The molecule has 3 rings (SSSR count). The molecule has 4 nitrogen and oxygen atoms in total. The first-order valence-corrected chi connectivity index (χ1v) is 8.30. The van der Waals surface area contributed by atoms with Crippen molar-refractivity contribution in [2.24, 2.45) is 0 Å². The van der Waals surface area contributed by atoms with E-state index in [1.165, 1.54) is 0 Å². The maximum atomic E-state index is 12.7. The molecule has 24 heavy (non-hydrogen) atoms. The second-order valence-electron chi connectivity index (χ2n) is 5.48. The Kier molecular flexibility index (Phi) is 4.81. The lowest BCUT2D eigenvalue weighted by molar-refractivity contribution is -0.118. The van der Waals surface area contributed by atoms with E-state index in [4.69, 9.17) is 4.74 Å². The van der Waals surface area contributed by atoms with E-state index < -0.39 is 0 Å². The minimum atomic E-state index is -0.102. The van der Waals surface area contributed by atoms with E-state index in [0.29, 0.717) is 16.6 Å². The highest BCUT2D eigenvalue weighted by Gasteiger charge is 2.26. The van der Waals surface area contributed by atoms with Crippen molar-refractivity contribution >= 4 is 38.3 Å². The third-order valence-electron chi connectivity index (χ3n) is 4.00. The first kappa shape index (κ1) is 16.5. The third kappa shape index (κ3) is 3.12. The molecule has 0 saturated heterocycles. The quantitative estimate of drug-likeness (QED) is 0.748. The topological polar surface area (TPSA) is 46.6 Å². The fourth-order valence-electron chi connectivity index (χ4n) is 2.72. The second kappa shape index (κ2) is 7.01. The Balaban J connectivity index is 2.00. The van der Waals surface area contributed by atoms with Crippen molar-refractivity contribution in [2.75, 3.05) is 12.0 Å². The molecule has 0 spiro atoms. The van der Waals surface area contributed by atoms with Gasteiger partial charge in [-0.1, -0.05) is 30.3 Å². The van der Waals surface area contributed by atoms with Gasteiger partial charge < -0.3 is 9.64 Å². The largest absolute Gasteiger partial charge is 0.497 e. The van der Waals surface area contributed by atoms with Gasteiger partial charge in [-0.2, -0.15) is 0 Å². The van der Waals surface area contributed by atoms with Crippen LogP contribution in [0, 0.1) is 0 Å². The number of methoxy groups -OCH3 is 1. The molecule has 0 aliphatic carbocycles. The molecule has 2 aromatic carbocycles. The summed E-state index contributed by atoms with van der Waals surface area (Å²) < 4.78 is 5.85. The normalized spacial score (nSPS) is 14.2. The number of fused-ring (bicyclic) bond motifs is 1. The van der Waals surface area contributed by atoms with Gasteiger partial charge in [0.15, 0.2) is 0 Å². The van der Waals surface area contributed by atoms with Crippen LogP contribution in [0.1, 0.15) is 17.5 Å². The molecular weight excluding hydrogens is 370 g/mol. The predicted molar refractivity (Wildman–Crippen MR) is 97.2 cm³/mol. The summed E-state index contributed by atoms with van der Waals surface area (Å²) in [6.45, 7) is 0.437. The molecule has 0 aromatic heterocycles. The van der Waals surface area contributed by atoms with Crippen molar-refractivity contribution in [3.8, 4) is 5.75 Å². The van der Waals surface area contributed by atoms with Crippen molar-refractivity contribution in [1.29, 1.82) is 0 Å². The molecule has 0 bridgehead atoms. The standard InChI is InChI=1S/C19H16BrNO3/c1-24-15-8-6-13(7-9-15)11-21-17-5-3-2-4-16(17)19(20)14(12-22)10-18(21)23/h2-9,12H,10-11H2,1H3. The molecular formula is C19H16BrNO3. The zero-order chi connectivity index (χ0) is 17.1. The lowest BCUT2D eigenvalue weighted by Crippen LogP contribution is -2.30. The number of hydrogen-bond acceptors (Lipinski definition) is 3. The summed E-state index contributed by atoms with van der Waals surface area (Å²) >= 11 is 3.48. The molecule has 0 radical (unpaired) electrons. The first-order valence-electron chi connectivity index (χ1n) is 7.50. The summed E-state index contributed by atoms with van der Waals surface area (Å²) in [5.74, 6) is 0.670. The van der Waals surface area contributed by atoms with Crippen LogP contribution >= 0.6 is 15.9 Å². The Hall–Kier alpha value is -2.40. The molecule has 0 N–H and O–H groups in total. The molecule has 0 saturated carbocycles. The van der Waals surface area contributed by atoms with E-state index in [2.05, 4.69) is 15.9 Å². The highest BCUT2D eigenvalue weighted by molar-refractivity contribution is 9.15. The summed E-state index contributed by atoms with van der Waals surface area (Å²) in [6, 6.07) is 15.2. The Morgan fingerprint density at radius 3 is 2.54 bits per heavy atom. The lowest BCUT2D eigenvalue weighted by Gasteiger charge is -2.23. The second-order valence-corrected chi connectivity index (χ2v) is 6.27. The number of para-hydroxylation sites is 1. The van der Waals surface area contributed by atoms with Gasteiger partial charge in [-0.05, 0) is 39.7 Å². The minimum absolute atomic E-state index is 0.0783. The van der Waals surface area contributed by atoms with Gasteiger partial charge in [0.1, 0.15) is 12.0 Å². The number of halogens is 1. The predicted octanol–water partition coefficient (Wildman–Crippen LogP) is 3.94.